The summed E-state index contributed by atoms with van der Waals surface area (Å²) in [6.07, 6.45) is 4.02. The van der Waals surface area contributed by atoms with Gasteiger partial charge in [-0.25, -0.2) is 9.97 Å². The normalized spacial score (nSPS) is 9.93. The quantitative estimate of drug-likeness (QED) is 0.728. The summed E-state index contributed by atoms with van der Waals surface area (Å²) in [5.41, 5.74) is 1.23. The molecule has 0 fully saturated rings. The second kappa shape index (κ2) is 4.19. The van der Waals surface area contributed by atoms with Crippen molar-refractivity contribution < 1.29 is 4.79 Å². The summed E-state index contributed by atoms with van der Waals surface area (Å²) in [4.78, 5) is 18.9. The lowest BCUT2D eigenvalue weighted by Gasteiger charge is -2.01. The molecule has 2 rings (SSSR count). The van der Waals surface area contributed by atoms with E-state index in [1.807, 2.05) is 0 Å². The van der Waals surface area contributed by atoms with Gasteiger partial charge in [-0.15, -0.1) is 0 Å². The van der Waals surface area contributed by atoms with Gasteiger partial charge in [-0.2, -0.15) is 0 Å². The van der Waals surface area contributed by atoms with E-state index >= 15 is 0 Å². The number of aldehydes is 1. The van der Waals surface area contributed by atoms with Crippen LogP contribution in [0.1, 0.15) is 10.4 Å². The number of carbonyl (C=O) groups excluding carboxylic acids is 1. The molecule has 0 bridgehead atoms. The van der Waals surface area contributed by atoms with Gasteiger partial charge >= 0.3 is 0 Å². The van der Waals surface area contributed by atoms with E-state index in [9.17, 15) is 4.79 Å². The summed E-state index contributed by atoms with van der Waals surface area (Å²) < 4.78 is 0. The van der Waals surface area contributed by atoms with E-state index in [1.54, 1.807) is 36.7 Å². The molecule has 4 heteroatoms. The lowest BCUT2D eigenvalue weighted by Crippen LogP contribution is -1.89. The van der Waals surface area contributed by atoms with Gasteiger partial charge in [-0.05, 0) is 24.3 Å². The Kier molecular flexibility index (Phi) is 2.74. The zero-order chi connectivity index (χ0) is 10.7. The van der Waals surface area contributed by atoms with Crippen LogP contribution in [0.15, 0.2) is 36.7 Å². The van der Waals surface area contributed by atoms with Gasteiger partial charge in [0.1, 0.15) is 0 Å². The van der Waals surface area contributed by atoms with Crippen LogP contribution in [0, 0.1) is 0 Å². The smallest absolute Gasteiger partial charge is 0.159 e. The molecule has 15 heavy (non-hydrogen) atoms. The minimum absolute atomic E-state index is 0.435. The van der Waals surface area contributed by atoms with Crippen molar-refractivity contribution in [1.82, 2.24) is 9.97 Å². The molecule has 0 aliphatic heterocycles. The van der Waals surface area contributed by atoms with Crippen molar-refractivity contribution in [2.75, 3.05) is 0 Å². The average molecular weight is 219 g/mol. The van der Waals surface area contributed by atoms with Crippen LogP contribution in [0.2, 0.25) is 5.02 Å². The topological polar surface area (TPSA) is 42.9 Å². The first kappa shape index (κ1) is 9.80. The van der Waals surface area contributed by atoms with E-state index in [0.29, 0.717) is 16.4 Å². The minimum Gasteiger partial charge on any atom is -0.298 e. The molecule has 0 radical (unpaired) electrons. The molecule has 3 nitrogen and oxygen atoms in total. The number of carbonyl (C=O) groups is 1. The van der Waals surface area contributed by atoms with Crippen molar-refractivity contribution in [2.24, 2.45) is 0 Å². The third-order valence-electron chi connectivity index (χ3n) is 1.95. The Morgan fingerprint density at radius 3 is 2.60 bits per heavy atom. The second-order valence-electron chi connectivity index (χ2n) is 2.93. The lowest BCUT2D eigenvalue weighted by atomic mass is 10.1. The summed E-state index contributed by atoms with van der Waals surface area (Å²) in [5, 5.41) is 0.435. The van der Waals surface area contributed by atoms with Crippen molar-refractivity contribution in [2.45, 2.75) is 0 Å². The molecule has 0 aliphatic carbocycles. The predicted molar refractivity (Wildman–Crippen MR) is 57.9 cm³/mol. The monoisotopic (exact) mass is 218 g/mol. The van der Waals surface area contributed by atoms with Crippen molar-refractivity contribution in [3.8, 4) is 11.4 Å². The van der Waals surface area contributed by atoms with E-state index < -0.39 is 0 Å². The molecule has 2 aromatic rings. The first-order valence-corrected chi connectivity index (χ1v) is 4.71. The highest BCUT2D eigenvalue weighted by Gasteiger charge is 2.04. The van der Waals surface area contributed by atoms with Gasteiger partial charge in [0.15, 0.2) is 12.1 Å². The number of hydrogen-bond donors (Lipinski definition) is 0. The fourth-order valence-corrected chi connectivity index (χ4v) is 1.38. The molecule has 0 atom stereocenters. The lowest BCUT2D eigenvalue weighted by molar-refractivity contribution is 0.112. The van der Waals surface area contributed by atoms with Crippen molar-refractivity contribution in [1.29, 1.82) is 0 Å². The first-order valence-electron chi connectivity index (χ1n) is 4.33. The third-order valence-corrected chi connectivity index (χ3v) is 2.29. The summed E-state index contributed by atoms with van der Waals surface area (Å²) in [6, 6.07) is 6.85. The Hall–Kier alpha value is -1.74. The number of benzene rings is 1. The van der Waals surface area contributed by atoms with E-state index in [4.69, 9.17) is 11.6 Å². The Morgan fingerprint density at radius 1 is 1.20 bits per heavy atom. The van der Waals surface area contributed by atoms with Crippen LogP contribution in [0.4, 0.5) is 0 Å². The van der Waals surface area contributed by atoms with E-state index in [-0.39, 0.29) is 0 Å². The van der Waals surface area contributed by atoms with E-state index in [1.165, 1.54) is 0 Å². The fraction of sp³-hybridized carbons (Fsp3) is 0. The molecule has 1 aromatic carbocycles. The standard InChI is InChI=1S/C11H7ClN2O/c12-10-3-2-8(6-9(10)7-15)11-13-4-1-5-14-11/h1-7H. The maximum Gasteiger partial charge on any atom is 0.159 e. The number of nitrogens with zero attached hydrogens (tertiary/aromatic N) is 2. The van der Waals surface area contributed by atoms with Crippen LogP contribution < -0.4 is 0 Å². The zero-order valence-electron chi connectivity index (χ0n) is 7.72. The minimum atomic E-state index is 0.435. The van der Waals surface area contributed by atoms with Gasteiger partial charge in [-0.1, -0.05) is 11.6 Å². The largest absolute Gasteiger partial charge is 0.298 e. The molecule has 0 unspecified atom stereocenters. The van der Waals surface area contributed by atoms with Gasteiger partial charge in [0, 0.05) is 23.5 Å². The SMILES string of the molecule is O=Cc1cc(-c2ncccn2)ccc1Cl. The van der Waals surface area contributed by atoms with Crippen LogP contribution in [0.3, 0.4) is 0 Å². The molecule has 0 aliphatic rings. The van der Waals surface area contributed by atoms with Crippen LogP contribution in [0.25, 0.3) is 11.4 Å². The zero-order valence-corrected chi connectivity index (χ0v) is 8.48. The molecule has 0 amide bonds. The van der Waals surface area contributed by atoms with Crippen LogP contribution >= 0.6 is 11.6 Å². The highest BCUT2D eigenvalue weighted by atomic mass is 35.5. The first-order chi connectivity index (χ1) is 7.31. The molecule has 0 spiro atoms. The number of rotatable bonds is 2. The van der Waals surface area contributed by atoms with E-state index in [0.717, 1.165) is 11.8 Å². The fourth-order valence-electron chi connectivity index (χ4n) is 1.22. The van der Waals surface area contributed by atoms with Gasteiger partial charge in [0.05, 0.1) is 5.02 Å². The van der Waals surface area contributed by atoms with E-state index in [2.05, 4.69) is 9.97 Å². The second-order valence-corrected chi connectivity index (χ2v) is 3.33. The number of aromatic nitrogens is 2. The molecule has 1 heterocycles. The molecular weight excluding hydrogens is 212 g/mol. The van der Waals surface area contributed by atoms with Crippen LogP contribution in [0.5, 0.6) is 0 Å². The van der Waals surface area contributed by atoms with Crippen LogP contribution in [-0.2, 0) is 0 Å². The maximum atomic E-state index is 10.7. The number of hydrogen-bond acceptors (Lipinski definition) is 3. The highest BCUT2D eigenvalue weighted by molar-refractivity contribution is 6.33. The predicted octanol–water partition coefficient (Wildman–Crippen LogP) is 2.61. The molecule has 0 saturated carbocycles. The molecule has 0 saturated heterocycles. The maximum absolute atomic E-state index is 10.7. The molecular formula is C11H7ClN2O. The van der Waals surface area contributed by atoms with Crippen molar-refractivity contribution >= 4 is 17.9 Å². The Morgan fingerprint density at radius 2 is 1.93 bits per heavy atom. The Labute approximate surface area is 91.8 Å². The van der Waals surface area contributed by atoms with Gasteiger partial charge in [0.2, 0.25) is 0 Å². The average Bonchev–Trinajstić information content (AvgIpc) is 2.31. The van der Waals surface area contributed by atoms with Crippen molar-refractivity contribution in [3.05, 3.63) is 47.2 Å². The van der Waals surface area contributed by atoms with Crippen molar-refractivity contribution in [3.63, 3.8) is 0 Å². The summed E-state index contributed by atoms with van der Waals surface area (Å²) in [6.45, 7) is 0. The number of halogens is 1. The summed E-state index contributed by atoms with van der Waals surface area (Å²) in [5.74, 6) is 0.581. The van der Waals surface area contributed by atoms with Gasteiger partial charge in [-0.3, -0.25) is 4.79 Å². The summed E-state index contributed by atoms with van der Waals surface area (Å²) >= 11 is 5.81. The molecule has 1 aromatic heterocycles. The van der Waals surface area contributed by atoms with Gasteiger partial charge < -0.3 is 0 Å². The molecule has 74 valence electrons. The summed E-state index contributed by atoms with van der Waals surface area (Å²) in [7, 11) is 0. The Balaban J connectivity index is 2.51. The molecule has 0 N–H and O–H groups in total. The van der Waals surface area contributed by atoms with Crippen LogP contribution in [-0.4, -0.2) is 16.3 Å². The third kappa shape index (κ3) is 2.02. The highest BCUT2D eigenvalue weighted by Crippen LogP contribution is 2.21. The van der Waals surface area contributed by atoms with Gasteiger partial charge in [0.25, 0.3) is 0 Å². The Bertz CT molecular complexity index is 485.